The summed E-state index contributed by atoms with van der Waals surface area (Å²) in [4.78, 5) is 36.4. The van der Waals surface area contributed by atoms with E-state index in [1.165, 1.54) is 0 Å². The van der Waals surface area contributed by atoms with Crippen LogP contribution in [0.4, 0.5) is 13.6 Å². The Hall–Kier alpha value is -3.49. The molecule has 2 aromatic carbocycles. The lowest BCUT2D eigenvalue weighted by molar-refractivity contribution is -0.171. The molecule has 9 heteroatoms. The summed E-state index contributed by atoms with van der Waals surface area (Å²) in [6, 6.07) is 12.8. The highest BCUT2D eigenvalue weighted by molar-refractivity contribution is 5.87. The van der Waals surface area contributed by atoms with Gasteiger partial charge in [0.15, 0.2) is 0 Å². The predicted octanol–water partition coefficient (Wildman–Crippen LogP) is 4.31. The molecule has 1 unspecified atom stereocenters. The molecular weight excluding hydrogens is 458 g/mol. The quantitative estimate of drug-likeness (QED) is 0.464. The van der Waals surface area contributed by atoms with E-state index in [-0.39, 0.29) is 18.9 Å². The molecule has 0 spiro atoms. The predicted molar refractivity (Wildman–Crippen MR) is 124 cm³/mol. The van der Waals surface area contributed by atoms with Crippen molar-refractivity contribution in [2.24, 2.45) is 5.92 Å². The Morgan fingerprint density at radius 2 is 1.60 bits per heavy atom. The summed E-state index contributed by atoms with van der Waals surface area (Å²) in [6.45, 7) is 1.83. The second-order valence-corrected chi connectivity index (χ2v) is 9.06. The van der Waals surface area contributed by atoms with Gasteiger partial charge in [-0.15, -0.1) is 0 Å². The van der Waals surface area contributed by atoms with Crippen molar-refractivity contribution in [3.63, 3.8) is 0 Å². The number of alkyl carbamates (subject to hydrolysis) is 1. The average molecular weight is 487 g/mol. The van der Waals surface area contributed by atoms with E-state index >= 15 is 0 Å². The number of rotatable bonds is 10. The lowest BCUT2D eigenvalue weighted by Gasteiger charge is -2.27. The Morgan fingerprint density at radius 3 is 2.11 bits per heavy atom. The molecule has 2 aliphatic rings. The first kappa shape index (κ1) is 24.6. The first-order valence-corrected chi connectivity index (χ1v) is 11.8. The van der Waals surface area contributed by atoms with Crippen LogP contribution in [-0.2, 0) is 14.3 Å². The van der Waals surface area contributed by atoms with Crippen LogP contribution in [-0.4, -0.2) is 47.7 Å². The van der Waals surface area contributed by atoms with E-state index in [0.29, 0.717) is 19.3 Å². The molecule has 2 aromatic rings. The first-order valence-electron chi connectivity index (χ1n) is 11.8. The van der Waals surface area contributed by atoms with E-state index < -0.39 is 41.9 Å². The molecule has 0 aromatic heterocycles. The zero-order valence-corrected chi connectivity index (χ0v) is 19.3. The van der Waals surface area contributed by atoms with Crippen LogP contribution in [0.25, 0.3) is 11.1 Å². The summed E-state index contributed by atoms with van der Waals surface area (Å²) in [6.07, 6.45) is 0.656. The van der Waals surface area contributed by atoms with Gasteiger partial charge in [0, 0.05) is 5.92 Å². The first-order chi connectivity index (χ1) is 16.7. The number of benzene rings is 2. The van der Waals surface area contributed by atoms with Crippen LogP contribution in [0.2, 0.25) is 0 Å². The number of hydrogen-bond donors (Lipinski definition) is 3. The molecule has 186 valence electrons. The zero-order valence-electron chi connectivity index (χ0n) is 19.3. The minimum absolute atomic E-state index is 0.0438. The number of carbonyl (C=O) groups is 3. The molecule has 7 nitrogen and oxygen atoms in total. The van der Waals surface area contributed by atoms with Crippen molar-refractivity contribution in [2.75, 3.05) is 6.61 Å². The van der Waals surface area contributed by atoms with Crippen molar-refractivity contribution in [2.45, 2.75) is 56.5 Å². The highest BCUT2D eigenvalue weighted by Crippen LogP contribution is 2.44. The zero-order chi connectivity index (χ0) is 25.2. The van der Waals surface area contributed by atoms with Gasteiger partial charge in [-0.25, -0.2) is 9.59 Å². The summed E-state index contributed by atoms with van der Waals surface area (Å²) in [7, 11) is 0. The fraction of sp³-hybridized carbons (Fsp3) is 0.423. The fourth-order valence-corrected chi connectivity index (χ4v) is 4.66. The molecule has 2 aliphatic carbocycles. The number of carboxylic acids is 1. The highest BCUT2D eigenvalue weighted by Gasteiger charge is 2.55. The second-order valence-electron chi connectivity index (χ2n) is 9.06. The topological polar surface area (TPSA) is 105 Å². The van der Waals surface area contributed by atoms with E-state index in [1.807, 2.05) is 48.5 Å². The van der Waals surface area contributed by atoms with E-state index in [4.69, 9.17) is 9.84 Å². The van der Waals surface area contributed by atoms with Crippen molar-refractivity contribution >= 4 is 18.0 Å². The summed E-state index contributed by atoms with van der Waals surface area (Å²) >= 11 is 0. The van der Waals surface area contributed by atoms with Crippen LogP contribution in [0.15, 0.2) is 48.5 Å². The van der Waals surface area contributed by atoms with E-state index in [9.17, 15) is 23.2 Å². The number of halogens is 2. The molecular formula is C26H28F2N2O5. The van der Waals surface area contributed by atoms with Gasteiger partial charge in [-0.2, -0.15) is 8.78 Å². The van der Waals surface area contributed by atoms with E-state index in [2.05, 4.69) is 10.6 Å². The number of aliphatic carboxylic acids is 1. The van der Waals surface area contributed by atoms with E-state index in [0.717, 1.165) is 22.3 Å². The van der Waals surface area contributed by atoms with Crippen molar-refractivity contribution in [1.82, 2.24) is 10.6 Å². The minimum Gasteiger partial charge on any atom is -0.477 e. The van der Waals surface area contributed by atoms with Crippen LogP contribution < -0.4 is 10.6 Å². The lowest BCUT2D eigenvalue weighted by Crippen LogP contribution is -2.57. The number of alkyl halides is 2. The molecule has 0 aliphatic heterocycles. The van der Waals surface area contributed by atoms with Gasteiger partial charge >= 0.3 is 18.0 Å². The maximum atomic E-state index is 14.2. The Bertz CT molecular complexity index is 1070. The Balaban J connectivity index is 1.40. The SMILES string of the molecule is CCC[C@H](NC(=O)OCC1c2ccccc2-c2ccccc21)C(=O)NC(C1CC1)C(F)(F)C(=O)O. The summed E-state index contributed by atoms with van der Waals surface area (Å²) in [5.41, 5.74) is 4.22. The van der Waals surface area contributed by atoms with Crippen LogP contribution in [0.1, 0.15) is 49.7 Å². The van der Waals surface area contributed by atoms with Gasteiger partial charge in [0.25, 0.3) is 0 Å². The van der Waals surface area contributed by atoms with Crippen molar-refractivity contribution < 1.29 is 33.0 Å². The van der Waals surface area contributed by atoms with Crippen molar-refractivity contribution in [1.29, 1.82) is 0 Å². The molecule has 2 amide bonds. The number of hydrogen-bond acceptors (Lipinski definition) is 4. The number of carbonyl (C=O) groups excluding carboxylic acids is 2. The Morgan fingerprint density at radius 1 is 1.03 bits per heavy atom. The maximum absolute atomic E-state index is 14.2. The third-order valence-corrected chi connectivity index (χ3v) is 6.60. The third kappa shape index (κ3) is 5.13. The second kappa shape index (κ2) is 10.0. The normalized spacial score (nSPS) is 16.5. The molecule has 2 atom stereocenters. The third-order valence-electron chi connectivity index (χ3n) is 6.60. The molecule has 35 heavy (non-hydrogen) atoms. The number of amides is 2. The Kier molecular flexibility index (Phi) is 7.05. The van der Waals surface area contributed by atoms with Gasteiger partial charge in [0.2, 0.25) is 5.91 Å². The monoisotopic (exact) mass is 486 g/mol. The molecule has 3 N–H and O–H groups in total. The summed E-state index contributed by atoms with van der Waals surface area (Å²) in [5, 5.41) is 13.6. The molecule has 0 radical (unpaired) electrons. The van der Waals surface area contributed by atoms with Crippen molar-refractivity contribution in [3.8, 4) is 11.1 Å². The number of carboxylic acid groups (broad SMARTS) is 1. The van der Waals surface area contributed by atoms with Gasteiger partial charge in [-0.1, -0.05) is 61.9 Å². The molecule has 0 saturated heterocycles. The fourth-order valence-electron chi connectivity index (χ4n) is 4.66. The summed E-state index contributed by atoms with van der Waals surface area (Å²) < 4.78 is 33.8. The van der Waals surface area contributed by atoms with Gasteiger partial charge in [0.05, 0.1) is 0 Å². The van der Waals surface area contributed by atoms with Gasteiger partial charge < -0.3 is 20.5 Å². The largest absolute Gasteiger partial charge is 0.477 e. The van der Waals surface area contributed by atoms with Gasteiger partial charge in [-0.3, -0.25) is 4.79 Å². The molecule has 0 heterocycles. The van der Waals surface area contributed by atoms with Crippen molar-refractivity contribution in [3.05, 3.63) is 59.7 Å². The lowest BCUT2D eigenvalue weighted by atomic mass is 9.98. The molecule has 1 saturated carbocycles. The number of fused-ring (bicyclic) bond motifs is 3. The minimum atomic E-state index is -4.10. The number of ether oxygens (including phenoxy) is 1. The number of nitrogens with one attached hydrogen (secondary N) is 2. The average Bonchev–Trinajstić information content (AvgIpc) is 3.63. The van der Waals surface area contributed by atoms with Crippen LogP contribution in [0.5, 0.6) is 0 Å². The van der Waals surface area contributed by atoms with Crippen LogP contribution >= 0.6 is 0 Å². The van der Waals surface area contributed by atoms with Gasteiger partial charge in [-0.05, 0) is 47.4 Å². The maximum Gasteiger partial charge on any atom is 0.407 e. The van der Waals surface area contributed by atoms with E-state index in [1.54, 1.807) is 6.92 Å². The molecule has 0 bridgehead atoms. The standard InChI is InChI=1S/C26H28F2N2O5/c1-2-7-21(23(31)30-22(15-12-13-15)26(27,28)24(32)33)29-25(34)35-14-20-18-10-5-3-8-16(18)17-9-4-6-11-19(17)20/h3-6,8-11,15,20-22H,2,7,12-14H2,1H3,(H,29,34)(H,30,31)(H,32,33)/t21-,22?/m0/s1. The molecule has 1 fully saturated rings. The summed E-state index contributed by atoms with van der Waals surface area (Å²) in [5.74, 6) is -8.01. The van der Waals surface area contributed by atoms with Crippen LogP contribution in [0.3, 0.4) is 0 Å². The van der Waals surface area contributed by atoms with Crippen LogP contribution in [0, 0.1) is 5.92 Å². The highest BCUT2D eigenvalue weighted by atomic mass is 19.3. The Labute approximate surface area is 201 Å². The van der Waals surface area contributed by atoms with Gasteiger partial charge in [0.1, 0.15) is 18.7 Å². The molecule has 4 rings (SSSR count). The smallest absolute Gasteiger partial charge is 0.407 e.